The summed E-state index contributed by atoms with van der Waals surface area (Å²) in [6.07, 6.45) is 18.4. The van der Waals surface area contributed by atoms with E-state index in [0.29, 0.717) is 11.5 Å². The molecule has 0 bridgehead atoms. The summed E-state index contributed by atoms with van der Waals surface area (Å²) in [7, 11) is 0. The molecule has 2 heteroatoms. The molecule has 0 aliphatic heterocycles. The van der Waals surface area contributed by atoms with Gasteiger partial charge in [0.1, 0.15) is 11.5 Å². The van der Waals surface area contributed by atoms with Crippen LogP contribution >= 0.6 is 0 Å². The second kappa shape index (κ2) is 17.9. The fourth-order valence-electron chi connectivity index (χ4n) is 3.54. The summed E-state index contributed by atoms with van der Waals surface area (Å²) in [5, 5.41) is 18.3. The van der Waals surface area contributed by atoms with Crippen molar-refractivity contribution in [2.75, 3.05) is 0 Å². The van der Waals surface area contributed by atoms with Gasteiger partial charge in [-0.3, -0.25) is 0 Å². The SMILES string of the molecule is CCCCCCCCc1ccc(O)cc1.CCCCCCCCc1ccc(O)cc1. The zero-order valence-electron chi connectivity index (χ0n) is 19.4. The van der Waals surface area contributed by atoms with Crippen molar-refractivity contribution in [3.63, 3.8) is 0 Å². The number of hydrogen-bond donors (Lipinski definition) is 2. The zero-order chi connectivity index (χ0) is 21.9. The molecule has 0 radical (unpaired) electrons. The number of phenols is 2. The number of aromatic hydroxyl groups is 2. The molecule has 0 heterocycles. The molecule has 2 rings (SSSR count). The first-order valence-corrected chi connectivity index (χ1v) is 12.2. The topological polar surface area (TPSA) is 40.5 Å². The third kappa shape index (κ3) is 14.1. The lowest BCUT2D eigenvalue weighted by atomic mass is 10.1. The van der Waals surface area contributed by atoms with E-state index in [2.05, 4.69) is 13.8 Å². The first kappa shape index (κ1) is 26.1. The highest BCUT2D eigenvalue weighted by atomic mass is 16.3. The second-order valence-corrected chi connectivity index (χ2v) is 8.37. The monoisotopic (exact) mass is 412 g/mol. The van der Waals surface area contributed by atoms with Crippen molar-refractivity contribution in [1.82, 2.24) is 0 Å². The Kier molecular flexibility index (Phi) is 15.5. The van der Waals surface area contributed by atoms with Gasteiger partial charge in [0, 0.05) is 0 Å². The molecular formula is C28H44O2. The number of unbranched alkanes of at least 4 members (excludes halogenated alkanes) is 10. The van der Waals surface area contributed by atoms with Crippen molar-refractivity contribution in [1.29, 1.82) is 0 Å². The summed E-state index contributed by atoms with van der Waals surface area (Å²) < 4.78 is 0. The molecule has 2 N–H and O–H groups in total. The van der Waals surface area contributed by atoms with Crippen LogP contribution in [0.2, 0.25) is 0 Å². The van der Waals surface area contributed by atoms with E-state index in [9.17, 15) is 0 Å². The van der Waals surface area contributed by atoms with E-state index in [1.54, 1.807) is 24.3 Å². The van der Waals surface area contributed by atoms with Crippen LogP contribution in [0.1, 0.15) is 102 Å². The largest absolute Gasteiger partial charge is 0.508 e. The van der Waals surface area contributed by atoms with Crippen molar-refractivity contribution in [2.45, 2.75) is 104 Å². The van der Waals surface area contributed by atoms with E-state index in [0.717, 1.165) is 12.8 Å². The first-order chi connectivity index (χ1) is 14.7. The number of hydrogen-bond acceptors (Lipinski definition) is 2. The van der Waals surface area contributed by atoms with Gasteiger partial charge in [-0.2, -0.15) is 0 Å². The summed E-state index contributed by atoms with van der Waals surface area (Å²) in [6, 6.07) is 15.1. The Labute approximate surface area is 185 Å². The van der Waals surface area contributed by atoms with Gasteiger partial charge >= 0.3 is 0 Å². The van der Waals surface area contributed by atoms with Gasteiger partial charge in [0.25, 0.3) is 0 Å². The molecule has 0 aromatic heterocycles. The van der Waals surface area contributed by atoms with Crippen LogP contribution in [0, 0.1) is 0 Å². The lowest BCUT2D eigenvalue weighted by molar-refractivity contribution is 0.474. The molecule has 2 aromatic carbocycles. The maximum atomic E-state index is 9.13. The summed E-state index contributed by atoms with van der Waals surface area (Å²) in [5.74, 6) is 0.725. The maximum Gasteiger partial charge on any atom is 0.115 e. The predicted molar refractivity (Wildman–Crippen MR) is 130 cm³/mol. The zero-order valence-corrected chi connectivity index (χ0v) is 19.4. The fraction of sp³-hybridized carbons (Fsp3) is 0.571. The Balaban J connectivity index is 0.000000300. The van der Waals surface area contributed by atoms with Gasteiger partial charge in [0.15, 0.2) is 0 Å². The summed E-state index contributed by atoms with van der Waals surface area (Å²) in [4.78, 5) is 0. The minimum atomic E-state index is 0.363. The quantitative estimate of drug-likeness (QED) is 0.305. The molecule has 0 unspecified atom stereocenters. The van der Waals surface area contributed by atoms with Crippen LogP contribution in [0.4, 0.5) is 0 Å². The normalized spacial score (nSPS) is 10.5. The molecule has 0 aliphatic rings. The number of benzene rings is 2. The van der Waals surface area contributed by atoms with E-state index < -0.39 is 0 Å². The van der Waals surface area contributed by atoms with Crippen molar-refractivity contribution in [3.05, 3.63) is 59.7 Å². The van der Waals surface area contributed by atoms with Gasteiger partial charge in [0.05, 0.1) is 0 Å². The van der Waals surface area contributed by atoms with Crippen molar-refractivity contribution in [3.8, 4) is 11.5 Å². The van der Waals surface area contributed by atoms with Crippen LogP contribution in [0.5, 0.6) is 11.5 Å². The van der Waals surface area contributed by atoms with Crippen LogP contribution in [0.15, 0.2) is 48.5 Å². The Morgan fingerprint density at radius 3 is 1.07 bits per heavy atom. The molecular weight excluding hydrogens is 368 g/mol. The van der Waals surface area contributed by atoms with Gasteiger partial charge in [-0.05, 0) is 61.1 Å². The Hall–Kier alpha value is -1.96. The highest BCUT2D eigenvalue weighted by Gasteiger charge is 1.95. The molecule has 0 aliphatic carbocycles. The average Bonchev–Trinajstić information content (AvgIpc) is 2.76. The molecule has 0 spiro atoms. The summed E-state index contributed by atoms with van der Waals surface area (Å²) in [5.41, 5.74) is 2.67. The molecule has 0 amide bonds. The van der Waals surface area contributed by atoms with E-state index >= 15 is 0 Å². The van der Waals surface area contributed by atoms with Crippen molar-refractivity contribution < 1.29 is 10.2 Å². The summed E-state index contributed by atoms with van der Waals surface area (Å²) in [6.45, 7) is 4.49. The lowest BCUT2D eigenvalue weighted by Gasteiger charge is -2.02. The van der Waals surface area contributed by atoms with Crippen LogP contribution in [0.25, 0.3) is 0 Å². The number of aryl methyl sites for hydroxylation is 2. The number of rotatable bonds is 14. The Morgan fingerprint density at radius 2 is 0.733 bits per heavy atom. The molecule has 2 nitrogen and oxygen atoms in total. The maximum absolute atomic E-state index is 9.13. The lowest BCUT2D eigenvalue weighted by Crippen LogP contribution is -1.85. The highest BCUT2D eigenvalue weighted by Crippen LogP contribution is 2.14. The third-order valence-corrected chi connectivity index (χ3v) is 5.51. The number of phenolic OH excluding ortho intramolecular Hbond substituents is 2. The van der Waals surface area contributed by atoms with Crippen LogP contribution in [0.3, 0.4) is 0 Å². The van der Waals surface area contributed by atoms with E-state index in [1.165, 1.54) is 88.2 Å². The summed E-state index contributed by atoms with van der Waals surface area (Å²) >= 11 is 0. The van der Waals surface area contributed by atoms with Gasteiger partial charge in [0.2, 0.25) is 0 Å². The van der Waals surface area contributed by atoms with Gasteiger partial charge in [-0.25, -0.2) is 0 Å². The minimum absolute atomic E-state index is 0.363. The molecule has 30 heavy (non-hydrogen) atoms. The highest BCUT2D eigenvalue weighted by molar-refractivity contribution is 5.26. The van der Waals surface area contributed by atoms with E-state index in [1.807, 2.05) is 24.3 Å². The van der Waals surface area contributed by atoms with Crippen molar-refractivity contribution in [2.24, 2.45) is 0 Å². The second-order valence-electron chi connectivity index (χ2n) is 8.37. The Bertz CT molecular complexity index is 559. The van der Waals surface area contributed by atoms with Crippen molar-refractivity contribution >= 4 is 0 Å². The standard InChI is InChI=1S/2C14H22O/c2*1-2-3-4-5-6-7-8-13-9-11-14(15)12-10-13/h2*9-12,15H,2-8H2,1H3. The molecule has 0 saturated carbocycles. The molecule has 0 saturated heterocycles. The third-order valence-electron chi connectivity index (χ3n) is 5.51. The molecule has 168 valence electrons. The van der Waals surface area contributed by atoms with Crippen LogP contribution in [-0.4, -0.2) is 10.2 Å². The smallest absolute Gasteiger partial charge is 0.115 e. The van der Waals surface area contributed by atoms with E-state index in [-0.39, 0.29) is 0 Å². The molecule has 0 fully saturated rings. The Morgan fingerprint density at radius 1 is 0.433 bits per heavy atom. The average molecular weight is 413 g/mol. The van der Waals surface area contributed by atoms with E-state index in [4.69, 9.17) is 10.2 Å². The fourth-order valence-corrected chi connectivity index (χ4v) is 3.54. The first-order valence-electron chi connectivity index (χ1n) is 12.2. The van der Waals surface area contributed by atoms with Gasteiger partial charge in [-0.15, -0.1) is 0 Å². The van der Waals surface area contributed by atoms with Crippen LogP contribution in [-0.2, 0) is 12.8 Å². The minimum Gasteiger partial charge on any atom is -0.508 e. The predicted octanol–water partition coefficient (Wildman–Crippen LogP) is 8.59. The molecule has 2 aromatic rings. The van der Waals surface area contributed by atoms with Gasteiger partial charge in [-0.1, -0.05) is 102 Å². The molecule has 0 atom stereocenters. The van der Waals surface area contributed by atoms with Crippen LogP contribution < -0.4 is 0 Å². The van der Waals surface area contributed by atoms with Gasteiger partial charge < -0.3 is 10.2 Å².